The van der Waals surface area contributed by atoms with Crippen LogP contribution >= 0.6 is 11.8 Å². The van der Waals surface area contributed by atoms with Gasteiger partial charge in [-0.3, -0.25) is 14.4 Å². The van der Waals surface area contributed by atoms with Gasteiger partial charge in [-0.1, -0.05) is 58.0 Å². The maximum absolute atomic E-state index is 13.2. The van der Waals surface area contributed by atoms with E-state index in [0.29, 0.717) is 19.4 Å². The van der Waals surface area contributed by atoms with Gasteiger partial charge in [-0.15, -0.1) is 11.8 Å². The fraction of sp³-hybridized carbons (Fsp3) is 0.609. The van der Waals surface area contributed by atoms with Crippen molar-refractivity contribution in [3.63, 3.8) is 0 Å². The molecule has 0 aromatic heterocycles. The largest absolute Gasteiger partial charge is 0.383 e. The van der Waals surface area contributed by atoms with E-state index in [1.54, 1.807) is 11.8 Å². The zero-order chi connectivity index (χ0) is 23.0. The lowest BCUT2D eigenvalue weighted by molar-refractivity contribution is -0.136. The summed E-state index contributed by atoms with van der Waals surface area (Å²) in [6, 6.07) is 8.05. The van der Waals surface area contributed by atoms with Crippen LogP contribution in [-0.2, 0) is 14.4 Å². The second-order valence-corrected chi connectivity index (χ2v) is 10.1. The average molecular weight is 450 g/mol. The van der Waals surface area contributed by atoms with E-state index in [0.717, 1.165) is 11.3 Å². The molecule has 8 heteroatoms. The second kappa shape index (κ2) is 12.1. The Morgan fingerprint density at radius 1 is 1.10 bits per heavy atom. The number of hydrogen-bond donors (Lipinski definition) is 4. The summed E-state index contributed by atoms with van der Waals surface area (Å²) in [5.41, 5.74) is 0.964. The molecule has 0 spiro atoms. The molecule has 0 bridgehead atoms. The second-order valence-electron chi connectivity index (χ2n) is 8.82. The zero-order valence-corrected chi connectivity index (χ0v) is 19.6. The smallest absolute Gasteiger partial charge is 0.249 e. The molecule has 2 rings (SSSR count). The highest BCUT2D eigenvalue weighted by molar-refractivity contribution is 7.99. The van der Waals surface area contributed by atoms with E-state index in [1.165, 1.54) is 0 Å². The molecule has 0 saturated carbocycles. The van der Waals surface area contributed by atoms with Gasteiger partial charge in [0, 0.05) is 12.3 Å². The summed E-state index contributed by atoms with van der Waals surface area (Å²) in [4.78, 5) is 38.4. The Kier molecular flexibility index (Phi) is 9.84. The van der Waals surface area contributed by atoms with Crippen molar-refractivity contribution < 1.29 is 19.5 Å². The first-order valence-electron chi connectivity index (χ1n) is 10.9. The Balaban J connectivity index is 2.18. The summed E-state index contributed by atoms with van der Waals surface area (Å²) in [7, 11) is 0. The third kappa shape index (κ3) is 7.85. The van der Waals surface area contributed by atoms with Gasteiger partial charge in [0.15, 0.2) is 0 Å². The molecule has 0 aliphatic carbocycles. The quantitative estimate of drug-likeness (QED) is 0.461. The van der Waals surface area contributed by atoms with E-state index in [1.807, 2.05) is 58.0 Å². The number of rotatable bonds is 9. The predicted octanol–water partition coefficient (Wildman–Crippen LogP) is 2.01. The Labute approximate surface area is 189 Å². The molecular formula is C23H35N3O4S. The topological polar surface area (TPSA) is 108 Å². The van der Waals surface area contributed by atoms with E-state index in [2.05, 4.69) is 16.0 Å². The first-order valence-corrected chi connectivity index (χ1v) is 12.0. The standard InChI is InChI=1S/C23H35N3O4S/c1-14(2)12-17(25-22(29)18(27)13-15(3)4)21(28)26-19-20(16-8-6-5-7-9-16)31-11-10-24-23(19)30/h5-9,14-15,17-20,27H,10-13H2,1-4H3,(H,24,30)(H,25,29)(H,26,28)/t17-,18?,19-,20+/m0/s1. The van der Waals surface area contributed by atoms with Gasteiger partial charge < -0.3 is 21.1 Å². The lowest BCUT2D eigenvalue weighted by Crippen LogP contribution is -2.56. The molecule has 31 heavy (non-hydrogen) atoms. The van der Waals surface area contributed by atoms with Crippen LogP contribution < -0.4 is 16.0 Å². The monoisotopic (exact) mass is 449 g/mol. The maximum atomic E-state index is 13.2. The summed E-state index contributed by atoms with van der Waals surface area (Å²) in [5, 5.41) is 18.3. The first kappa shape index (κ1) is 25.2. The van der Waals surface area contributed by atoms with Gasteiger partial charge in [-0.25, -0.2) is 0 Å². The molecule has 1 heterocycles. The van der Waals surface area contributed by atoms with Crippen LogP contribution in [0.5, 0.6) is 0 Å². The number of carbonyl (C=O) groups is 3. The van der Waals surface area contributed by atoms with Crippen molar-refractivity contribution in [3.05, 3.63) is 35.9 Å². The van der Waals surface area contributed by atoms with Crippen molar-refractivity contribution in [1.82, 2.24) is 16.0 Å². The van der Waals surface area contributed by atoms with Crippen LogP contribution in [0.25, 0.3) is 0 Å². The van der Waals surface area contributed by atoms with Crippen molar-refractivity contribution in [2.75, 3.05) is 12.3 Å². The number of hydrogen-bond acceptors (Lipinski definition) is 5. The van der Waals surface area contributed by atoms with Gasteiger partial charge in [0.25, 0.3) is 0 Å². The number of amides is 3. The Bertz CT molecular complexity index is 742. The van der Waals surface area contributed by atoms with Gasteiger partial charge in [0.2, 0.25) is 17.7 Å². The number of carbonyl (C=O) groups excluding carboxylic acids is 3. The molecule has 1 aromatic carbocycles. The van der Waals surface area contributed by atoms with E-state index in [4.69, 9.17) is 0 Å². The van der Waals surface area contributed by atoms with Crippen LogP contribution in [0, 0.1) is 11.8 Å². The van der Waals surface area contributed by atoms with Crippen LogP contribution in [0.1, 0.15) is 51.3 Å². The SMILES string of the molecule is CC(C)CC(O)C(=O)N[C@@H](CC(C)C)C(=O)N[C@@H]1C(=O)NCCS[C@@H]1c1ccccc1. The molecular weight excluding hydrogens is 414 g/mol. The Morgan fingerprint density at radius 3 is 2.35 bits per heavy atom. The highest BCUT2D eigenvalue weighted by Crippen LogP contribution is 2.33. The summed E-state index contributed by atoms with van der Waals surface area (Å²) in [5.74, 6) is -0.180. The van der Waals surface area contributed by atoms with Crippen molar-refractivity contribution in [2.45, 2.75) is 64.0 Å². The zero-order valence-electron chi connectivity index (χ0n) is 18.8. The maximum Gasteiger partial charge on any atom is 0.249 e. The number of aliphatic hydroxyl groups is 1. The molecule has 3 amide bonds. The number of aliphatic hydroxyl groups excluding tert-OH is 1. The lowest BCUT2D eigenvalue weighted by atomic mass is 10.00. The third-order valence-corrected chi connectivity index (χ3v) is 6.39. The predicted molar refractivity (Wildman–Crippen MR) is 123 cm³/mol. The van der Waals surface area contributed by atoms with Crippen molar-refractivity contribution in [3.8, 4) is 0 Å². The molecule has 4 N–H and O–H groups in total. The van der Waals surface area contributed by atoms with Crippen molar-refractivity contribution >= 4 is 29.5 Å². The fourth-order valence-electron chi connectivity index (χ4n) is 3.55. The molecule has 7 nitrogen and oxygen atoms in total. The summed E-state index contributed by atoms with van der Waals surface area (Å²) >= 11 is 1.62. The van der Waals surface area contributed by atoms with Crippen LogP contribution in [0.3, 0.4) is 0 Å². The number of benzene rings is 1. The summed E-state index contributed by atoms with van der Waals surface area (Å²) < 4.78 is 0. The van der Waals surface area contributed by atoms with E-state index >= 15 is 0 Å². The minimum absolute atomic E-state index is 0.139. The lowest BCUT2D eigenvalue weighted by Gasteiger charge is -2.28. The normalized spacial score (nSPS) is 21.2. The highest BCUT2D eigenvalue weighted by atomic mass is 32.2. The summed E-state index contributed by atoms with van der Waals surface area (Å²) in [6.45, 7) is 8.28. The minimum atomic E-state index is -1.17. The molecule has 1 aromatic rings. The van der Waals surface area contributed by atoms with E-state index in [9.17, 15) is 19.5 Å². The molecule has 1 aliphatic rings. The van der Waals surface area contributed by atoms with Crippen LogP contribution in [0.4, 0.5) is 0 Å². The number of nitrogens with one attached hydrogen (secondary N) is 3. The van der Waals surface area contributed by atoms with Gasteiger partial charge >= 0.3 is 0 Å². The van der Waals surface area contributed by atoms with E-state index in [-0.39, 0.29) is 23.0 Å². The van der Waals surface area contributed by atoms with Crippen LogP contribution in [-0.4, -0.2) is 53.3 Å². The average Bonchev–Trinajstić information content (AvgIpc) is 2.89. The van der Waals surface area contributed by atoms with E-state index < -0.39 is 30.0 Å². The molecule has 4 atom stereocenters. The van der Waals surface area contributed by atoms with Crippen molar-refractivity contribution in [1.29, 1.82) is 0 Å². The van der Waals surface area contributed by atoms with Gasteiger partial charge in [-0.05, 0) is 30.2 Å². The third-order valence-electron chi connectivity index (χ3n) is 5.05. The Morgan fingerprint density at radius 2 is 1.74 bits per heavy atom. The Hall–Kier alpha value is -2.06. The molecule has 1 unspecified atom stereocenters. The van der Waals surface area contributed by atoms with Gasteiger partial charge in [-0.2, -0.15) is 0 Å². The fourth-order valence-corrected chi connectivity index (χ4v) is 4.76. The minimum Gasteiger partial charge on any atom is -0.383 e. The molecule has 172 valence electrons. The van der Waals surface area contributed by atoms with Crippen molar-refractivity contribution in [2.24, 2.45) is 11.8 Å². The molecule has 1 saturated heterocycles. The summed E-state index contributed by atoms with van der Waals surface area (Å²) in [6.07, 6.45) is -0.445. The van der Waals surface area contributed by atoms with Crippen LogP contribution in [0.15, 0.2) is 30.3 Å². The van der Waals surface area contributed by atoms with Gasteiger partial charge in [0.05, 0.1) is 5.25 Å². The van der Waals surface area contributed by atoms with Gasteiger partial charge in [0.1, 0.15) is 18.2 Å². The molecule has 1 aliphatic heterocycles. The molecule has 1 fully saturated rings. The molecule has 0 radical (unpaired) electrons. The first-order chi connectivity index (χ1) is 14.7. The van der Waals surface area contributed by atoms with Crippen LogP contribution in [0.2, 0.25) is 0 Å². The number of thioether (sulfide) groups is 1. The highest BCUT2D eigenvalue weighted by Gasteiger charge is 2.35.